The molecular formula is C14H19BrClN. The minimum Gasteiger partial charge on any atom is -0.382 e. The molecule has 1 N–H and O–H groups in total. The standard InChI is InChI=1S/C14H19BrClN/c1-14(2)8-4-3-5-13(14)17-10-6-7-11(15)12(16)9-10/h6-7,9,13,17H,3-5,8H2,1-2H3. The molecule has 0 amide bonds. The van der Waals surface area contributed by atoms with Crippen LogP contribution in [0.4, 0.5) is 5.69 Å². The first-order chi connectivity index (χ1) is 7.99. The summed E-state index contributed by atoms with van der Waals surface area (Å²) < 4.78 is 0.952. The van der Waals surface area contributed by atoms with Gasteiger partial charge in [0.15, 0.2) is 0 Å². The van der Waals surface area contributed by atoms with E-state index in [4.69, 9.17) is 11.6 Å². The molecule has 1 fully saturated rings. The van der Waals surface area contributed by atoms with E-state index in [0.29, 0.717) is 11.5 Å². The molecule has 94 valence electrons. The quantitative estimate of drug-likeness (QED) is 0.761. The van der Waals surface area contributed by atoms with Gasteiger partial charge in [-0.2, -0.15) is 0 Å². The average Bonchev–Trinajstić information content (AvgIpc) is 2.26. The van der Waals surface area contributed by atoms with E-state index in [2.05, 4.69) is 41.2 Å². The Labute approximate surface area is 117 Å². The maximum atomic E-state index is 6.12. The Hall–Kier alpha value is -0.210. The highest BCUT2D eigenvalue weighted by Crippen LogP contribution is 2.37. The highest BCUT2D eigenvalue weighted by Gasteiger charge is 2.31. The van der Waals surface area contributed by atoms with Gasteiger partial charge < -0.3 is 5.32 Å². The number of anilines is 1. The number of rotatable bonds is 2. The van der Waals surface area contributed by atoms with Crippen LogP contribution in [0.15, 0.2) is 22.7 Å². The van der Waals surface area contributed by atoms with Gasteiger partial charge >= 0.3 is 0 Å². The van der Waals surface area contributed by atoms with Crippen molar-refractivity contribution < 1.29 is 0 Å². The topological polar surface area (TPSA) is 12.0 Å². The van der Waals surface area contributed by atoms with E-state index >= 15 is 0 Å². The SMILES string of the molecule is CC1(C)CCCCC1Nc1ccc(Br)c(Cl)c1. The van der Waals surface area contributed by atoms with Crippen molar-refractivity contribution >= 4 is 33.2 Å². The summed E-state index contributed by atoms with van der Waals surface area (Å²) in [4.78, 5) is 0. The summed E-state index contributed by atoms with van der Waals surface area (Å²) in [7, 11) is 0. The fourth-order valence-electron chi connectivity index (χ4n) is 2.55. The Morgan fingerprint density at radius 1 is 1.35 bits per heavy atom. The van der Waals surface area contributed by atoms with Gasteiger partial charge in [0.25, 0.3) is 0 Å². The molecular weight excluding hydrogens is 298 g/mol. The van der Waals surface area contributed by atoms with Gasteiger partial charge in [-0.05, 0) is 52.4 Å². The molecule has 3 heteroatoms. The lowest BCUT2D eigenvalue weighted by Gasteiger charge is -2.39. The van der Waals surface area contributed by atoms with Gasteiger partial charge in [-0.3, -0.25) is 0 Å². The molecule has 1 aliphatic carbocycles. The molecule has 1 aliphatic rings. The fourth-order valence-corrected chi connectivity index (χ4v) is 2.98. The molecule has 1 nitrogen and oxygen atoms in total. The molecule has 0 spiro atoms. The Kier molecular flexibility index (Phi) is 4.04. The van der Waals surface area contributed by atoms with Crippen molar-refractivity contribution in [2.45, 2.75) is 45.6 Å². The highest BCUT2D eigenvalue weighted by atomic mass is 79.9. The summed E-state index contributed by atoms with van der Waals surface area (Å²) in [5.41, 5.74) is 1.50. The normalized spacial score (nSPS) is 23.4. The van der Waals surface area contributed by atoms with Crippen LogP contribution < -0.4 is 5.32 Å². The van der Waals surface area contributed by atoms with Gasteiger partial charge in [0.05, 0.1) is 5.02 Å². The third-order valence-corrected chi connectivity index (χ3v) is 5.00. The molecule has 17 heavy (non-hydrogen) atoms. The minimum atomic E-state index is 0.373. The second-order valence-corrected chi connectivity index (χ2v) is 6.82. The van der Waals surface area contributed by atoms with Gasteiger partial charge in [0.1, 0.15) is 0 Å². The van der Waals surface area contributed by atoms with E-state index in [9.17, 15) is 0 Å². The van der Waals surface area contributed by atoms with Crippen molar-refractivity contribution in [3.8, 4) is 0 Å². The van der Waals surface area contributed by atoms with Crippen LogP contribution in [-0.4, -0.2) is 6.04 Å². The third-order valence-electron chi connectivity index (χ3n) is 3.77. The van der Waals surface area contributed by atoms with Crippen LogP contribution in [0.1, 0.15) is 39.5 Å². The lowest BCUT2D eigenvalue weighted by Crippen LogP contribution is -2.38. The van der Waals surface area contributed by atoms with E-state index < -0.39 is 0 Å². The van der Waals surface area contributed by atoms with Gasteiger partial charge in [0, 0.05) is 16.2 Å². The van der Waals surface area contributed by atoms with Crippen molar-refractivity contribution in [1.82, 2.24) is 0 Å². The second kappa shape index (κ2) is 5.19. The third kappa shape index (κ3) is 3.17. The van der Waals surface area contributed by atoms with E-state index in [0.717, 1.165) is 15.2 Å². The zero-order valence-corrected chi connectivity index (χ0v) is 12.7. The second-order valence-electron chi connectivity index (χ2n) is 5.56. The summed E-state index contributed by atoms with van der Waals surface area (Å²) >= 11 is 9.53. The number of hydrogen-bond donors (Lipinski definition) is 1. The van der Waals surface area contributed by atoms with Crippen LogP contribution >= 0.6 is 27.5 Å². The van der Waals surface area contributed by atoms with Crippen molar-refractivity contribution in [3.05, 3.63) is 27.7 Å². The smallest absolute Gasteiger partial charge is 0.0568 e. The van der Waals surface area contributed by atoms with Crippen LogP contribution in [0.25, 0.3) is 0 Å². The van der Waals surface area contributed by atoms with E-state index in [1.54, 1.807) is 0 Å². The van der Waals surface area contributed by atoms with Crippen LogP contribution in [0, 0.1) is 5.41 Å². The lowest BCUT2D eigenvalue weighted by atomic mass is 9.73. The summed E-state index contributed by atoms with van der Waals surface area (Å²) in [5.74, 6) is 0. The minimum absolute atomic E-state index is 0.373. The Balaban J connectivity index is 2.11. The first kappa shape index (κ1) is 13.2. The maximum Gasteiger partial charge on any atom is 0.0568 e. The van der Waals surface area contributed by atoms with E-state index in [-0.39, 0.29) is 0 Å². The molecule has 1 atom stereocenters. The number of nitrogens with one attached hydrogen (secondary N) is 1. The molecule has 1 aromatic rings. The first-order valence-electron chi connectivity index (χ1n) is 6.21. The zero-order valence-electron chi connectivity index (χ0n) is 10.4. The van der Waals surface area contributed by atoms with Crippen LogP contribution in [0.5, 0.6) is 0 Å². The van der Waals surface area contributed by atoms with Crippen molar-refractivity contribution in [2.24, 2.45) is 5.41 Å². The van der Waals surface area contributed by atoms with Crippen molar-refractivity contribution in [1.29, 1.82) is 0 Å². The molecule has 1 unspecified atom stereocenters. The Bertz CT molecular complexity index is 403. The van der Waals surface area contributed by atoms with Gasteiger partial charge in [0.2, 0.25) is 0 Å². The first-order valence-corrected chi connectivity index (χ1v) is 7.38. The average molecular weight is 317 g/mol. The summed E-state index contributed by atoms with van der Waals surface area (Å²) in [6.07, 6.45) is 5.23. The molecule has 0 bridgehead atoms. The molecule has 0 radical (unpaired) electrons. The number of hydrogen-bond acceptors (Lipinski definition) is 1. The number of benzene rings is 1. The van der Waals surface area contributed by atoms with Crippen LogP contribution in [-0.2, 0) is 0 Å². The van der Waals surface area contributed by atoms with Gasteiger partial charge in [-0.1, -0.05) is 38.3 Å². The molecule has 0 aliphatic heterocycles. The molecule has 0 saturated heterocycles. The van der Waals surface area contributed by atoms with Crippen molar-refractivity contribution in [2.75, 3.05) is 5.32 Å². The zero-order chi connectivity index (χ0) is 12.5. The highest BCUT2D eigenvalue weighted by molar-refractivity contribution is 9.10. The molecule has 1 saturated carbocycles. The van der Waals surface area contributed by atoms with Crippen molar-refractivity contribution in [3.63, 3.8) is 0 Å². The summed E-state index contributed by atoms with van der Waals surface area (Å²) in [6.45, 7) is 4.70. The number of halogens is 2. The molecule has 2 rings (SSSR count). The Morgan fingerprint density at radius 2 is 2.12 bits per heavy atom. The summed E-state index contributed by atoms with van der Waals surface area (Å²) in [6, 6.07) is 6.63. The largest absolute Gasteiger partial charge is 0.382 e. The van der Waals surface area contributed by atoms with Crippen LogP contribution in [0.2, 0.25) is 5.02 Å². The molecule has 0 heterocycles. The fraction of sp³-hybridized carbons (Fsp3) is 0.571. The predicted molar refractivity (Wildman–Crippen MR) is 78.8 cm³/mol. The summed E-state index contributed by atoms with van der Waals surface area (Å²) in [5, 5.41) is 4.40. The van der Waals surface area contributed by atoms with Gasteiger partial charge in [-0.25, -0.2) is 0 Å². The lowest BCUT2D eigenvalue weighted by molar-refractivity contribution is 0.217. The Morgan fingerprint density at radius 3 is 2.76 bits per heavy atom. The maximum absolute atomic E-state index is 6.12. The van der Waals surface area contributed by atoms with Gasteiger partial charge in [-0.15, -0.1) is 0 Å². The van der Waals surface area contributed by atoms with Crippen LogP contribution in [0.3, 0.4) is 0 Å². The molecule has 0 aromatic heterocycles. The van der Waals surface area contributed by atoms with E-state index in [1.165, 1.54) is 25.7 Å². The molecule has 1 aromatic carbocycles. The predicted octanol–water partition coefficient (Wildman–Crippen LogP) is 5.48. The van der Waals surface area contributed by atoms with E-state index in [1.807, 2.05) is 12.1 Å². The monoisotopic (exact) mass is 315 g/mol.